The van der Waals surface area contributed by atoms with Crippen LogP contribution in [0, 0.1) is 6.92 Å². The summed E-state index contributed by atoms with van der Waals surface area (Å²) in [5, 5.41) is 26.0. The van der Waals surface area contributed by atoms with Crippen LogP contribution in [-0.4, -0.2) is 13.1 Å². The third-order valence-electron chi connectivity index (χ3n) is 5.60. The Morgan fingerprint density at radius 3 is 1.47 bits per heavy atom. The molecule has 0 aliphatic rings. The van der Waals surface area contributed by atoms with Crippen LogP contribution >= 0.6 is 0 Å². The monoisotopic (exact) mass is 475 g/mol. The molecule has 0 saturated carbocycles. The molecule has 0 amide bonds. The summed E-state index contributed by atoms with van der Waals surface area (Å²) in [6.45, 7) is 8.25. The maximum absolute atomic E-state index is 4.39. The minimum atomic E-state index is 0.741. The number of nitrogens with zero attached hydrogens (tertiary/aromatic N) is 7. The molecule has 0 unspecified atom stereocenters. The van der Waals surface area contributed by atoms with Crippen molar-refractivity contribution in [3.05, 3.63) is 103 Å². The number of anilines is 1. The quantitative estimate of drug-likeness (QED) is 0.222. The molecule has 0 radical (unpaired) electrons. The van der Waals surface area contributed by atoms with Crippen LogP contribution < -0.4 is 4.90 Å². The Labute approximate surface area is 212 Å². The van der Waals surface area contributed by atoms with Gasteiger partial charge in [0.15, 0.2) is 0 Å². The molecule has 0 fully saturated rings. The summed E-state index contributed by atoms with van der Waals surface area (Å²) in [4.78, 5) is 2.29. The third kappa shape index (κ3) is 6.76. The van der Waals surface area contributed by atoms with E-state index in [0.717, 1.165) is 52.8 Å². The van der Waals surface area contributed by atoms with Crippen LogP contribution in [0.3, 0.4) is 0 Å². The van der Waals surface area contributed by atoms with Gasteiger partial charge in [-0.15, -0.1) is 0 Å². The van der Waals surface area contributed by atoms with Gasteiger partial charge in [0.2, 0.25) is 0 Å². The van der Waals surface area contributed by atoms with Gasteiger partial charge < -0.3 is 4.90 Å². The average Bonchev–Trinajstić information content (AvgIpc) is 2.93. The van der Waals surface area contributed by atoms with E-state index < -0.39 is 0 Å². The Hall–Kier alpha value is -4.52. The normalized spacial score (nSPS) is 11.6. The molecule has 0 bridgehead atoms. The lowest BCUT2D eigenvalue weighted by Crippen LogP contribution is -2.21. The lowest BCUT2D eigenvalue weighted by molar-refractivity contribution is 0.866. The zero-order valence-corrected chi connectivity index (χ0v) is 20.8. The second-order valence-electron chi connectivity index (χ2n) is 8.11. The Morgan fingerprint density at radius 2 is 0.944 bits per heavy atom. The van der Waals surface area contributed by atoms with Crippen molar-refractivity contribution in [3.63, 3.8) is 0 Å². The van der Waals surface area contributed by atoms with Crippen molar-refractivity contribution in [1.82, 2.24) is 0 Å². The van der Waals surface area contributed by atoms with Gasteiger partial charge in [0.05, 0.1) is 34.1 Å². The first-order valence-corrected chi connectivity index (χ1v) is 12.0. The molecule has 180 valence electrons. The van der Waals surface area contributed by atoms with Crippen molar-refractivity contribution in [3.8, 4) is 0 Å². The standard InChI is InChI=1S/C29H29N7/c1-4-36(5-2)28-18-15-26(16-19-28)32-34-27-17-20-29(22(3)21-27)35-33-25-13-11-24(12-14-25)31-30-23-9-7-6-8-10-23/h6-21H,4-5H2,1-3H3. The van der Waals surface area contributed by atoms with E-state index >= 15 is 0 Å². The van der Waals surface area contributed by atoms with Crippen LogP contribution in [0.25, 0.3) is 0 Å². The SMILES string of the molecule is CCN(CC)c1ccc(N=Nc2ccc(N=Nc3ccc(N=Nc4ccccc4)cc3)c(C)c2)cc1. The van der Waals surface area contributed by atoms with E-state index in [1.54, 1.807) is 0 Å². The van der Waals surface area contributed by atoms with Crippen molar-refractivity contribution >= 4 is 39.8 Å². The summed E-state index contributed by atoms with van der Waals surface area (Å²) in [5.41, 5.74) is 6.84. The number of hydrogen-bond acceptors (Lipinski definition) is 7. The van der Waals surface area contributed by atoms with E-state index in [2.05, 4.69) is 61.6 Å². The van der Waals surface area contributed by atoms with Crippen molar-refractivity contribution in [1.29, 1.82) is 0 Å². The van der Waals surface area contributed by atoms with E-state index in [1.807, 2.05) is 91.9 Å². The second-order valence-corrected chi connectivity index (χ2v) is 8.11. The van der Waals surface area contributed by atoms with Crippen LogP contribution in [0.1, 0.15) is 19.4 Å². The molecule has 0 atom stereocenters. The highest BCUT2D eigenvalue weighted by molar-refractivity contribution is 5.55. The topological polar surface area (TPSA) is 77.4 Å². The summed E-state index contributed by atoms with van der Waals surface area (Å²) in [6.07, 6.45) is 0. The van der Waals surface area contributed by atoms with Crippen LogP contribution in [0.4, 0.5) is 39.8 Å². The van der Waals surface area contributed by atoms with E-state index in [-0.39, 0.29) is 0 Å². The molecule has 0 spiro atoms. The fraction of sp³-hybridized carbons (Fsp3) is 0.172. The Morgan fingerprint density at radius 1 is 0.500 bits per heavy atom. The number of benzene rings is 4. The highest BCUT2D eigenvalue weighted by Gasteiger charge is 2.02. The molecule has 7 heteroatoms. The number of hydrogen-bond donors (Lipinski definition) is 0. The molecule has 0 aromatic heterocycles. The summed E-state index contributed by atoms with van der Waals surface area (Å²) in [6, 6.07) is 31.0. The van der Waals surface area contributed by atoms with Crippen molar-refractivity contribution in [2.75, 3.05) is 18.0 Å². The highest BCUT2D eigenvalue weighted by atomic mass is 15.1. The minimum absolute atomic E-state index is 0.741. The fourth-order valence-electron chi connectivity index (χ4n) is 3.56. The summed E-state index contributed by atoms with van der Waals surface area (Å²) in [7, 11) is 0. The van der Waals surface area contributed by atoms with Gasteiger partial charge in [0.25, 0.3) is 0 Å². The van der Waals surface area contributed by atoms with Crippen LogP contribution in [0.2, 0.25) is 0 Å². The molecule has 4 rings (SSSR count). The van der Waals surface area contributed by atoms with Gasteiger partial charge in [-0.3, -0.25) is 0 Å². The van der Waals surface area contributed by atoms with Gasteiger partial charge in [-0.2, -0.15) is 30.7 Å². The summed E-state index contributed by atoms with van der Waals surface area (Å²) < 4.78 is 0. The van der Waals surface area contributed by atoms with Gasteiger partial charge >= 0.3 is 0 Å². The van der Waals surface area contributed by atoms with E-state index in [0.29, 0.717) is 0 Å². The van der Waals surface area contributed by atoms with Crippen LogP contribution in [-0.2, 0) is 0 Å². The molecule has 36 heavy (non-hydrogen) atoms. The summed E-state index contributed by atoms with van der Waals surface area (Å²) >= 11 is 0. The van der Waals surface area contributed by atoms with Gasteiger partial charge in [0, 0.05) is 18.8 Å². The Balaban J connectivity index is 1.37. The van der Waals surface area contributed by atoms with Gasteiger partial charge in [-0.05, 0) is 105 Å². The van der Waals surface area contributed by atoms with Gasteiger partial charge in [-0.1, -0.05) is 18.2 Å². The third-order valence-corrected chi connectivity index (χ3v) is 5.60. The molecular formula is C29H29N7. The molecule has 4 aromatic rings. The van der Waals surface area contributed by atoms with Crippen molar-refractivity contribution in [2.45, 2.75) is 20.8 Å². The molecule has 0 heterocycles. The maximum atomic E-state index is 4.39. The Bertz CT molecular complexity index is 1340. The second kappa shape index (κ2) is 12.3. The largest absolute Gasteiger partial charge is 0.372 e. The molecule has 0 saturated heterocycles. The van der Waals surface area contributed by atoms with Gasteiger partial charge in [0.1, 0.15) is 0 Å². The first-order valence-electron chi connectivity index (χ1n) is 12.0. The summed E-state index contributed by atoms with van der Waals surface area (Å²) in [5.74, 6) is 0. The lowest BCUT2D eigenvalue weighted by Gasteiger charge is -2.20. The van der Waals surface area contributed by atoms with Crippen molar-refractivity contribution in [2.24, 2.45) is 30.7 Å². The van der Waals surface area contributed by atoms with E-state index in [4.69, 9.17) is 0 Å². The van der Waals surface area contributed by atoms with Crippen molar-refractivity contribution < 1.29 is 0 Å². The molecule has 4 aromatic carbocycles. The number of rotatable bonds is 9. The predicted molar refractivity (Wildman–Crippen MR) is 147 cm³/mol. The lowest BCUT2D eigenvalue weighted by atomic mass is 10.2. The van der Waals surface area contributed by atoms with Crippen LogP contribution in [0.15, 0.2) is 128 Å². The van der Waals surface area contributed by atoms with E-state index in [9.17, 15) is 0 Å². The first-order chi connectivity index (χ1) is 17.6. The first kappa shape index (κ1) is 24.6. The zero-order chi connectivity index (χ0) is 25.2. The maximum Gasteiger partial charge on any atom is 0.0887 e. The van der Waals surface area contributed by atoms with Gasteiger partial charge in [-0.25, -0.2) is 0 Å². The molecule has 0 N–H and O–H groups in total. The highest BCUT2D eigenvalue weighted by Crippen LogP contribution is 2.29. The zero-order valence-electron chi connectivity index (χ0n) is 20.8. The Kier molecular flexibility index (Phi) is 8.38. The fourth-order valence-corrected chi connectivity index (χ4v) is 3.56. The number of aryl methyl sites for hydroxylation is 1. The molecular weight excluding hydrogens is 446 g/mol. The average molecular weight is 476 g/mol. The predicted octanol–water partition coefficient (Wildman–Crippen LogP) is 10.1. The molecule has 7 nitrogen and oxygen atoms in total. The number of azo groups is 3. The molecule has 0 aliphatic heterocycles. The van der Waals surface area contributed by atoms with E-state index in [1.165, 1.54) is 5.69 Å². The smallest absolute Gasteiger partial charge is 0.0887 e. The molecule has 0 aliphatic carbocycles. The van der Waals surface area contributed by atoms with Crippen LogP contribution in [0.5, 0.6) is 0 Å². The minimum Gasteiger partial charge on any atom is -0.372 e.